The van der Waals surface area contributed by atoms with Gasteiger partial charge in [-0.2, -0.15) is 0 Å². The number of aryl methyl sites for hydroxylation is 2. The molecule has 0 spiro atoms. The molecule has 3 nitrogen and oxygen atoms in total. The highest BCUT2D eigenvalue weighted by Gasteiger charge is 2.43. The third kappa shape index (κ3) is 2.63. The Kier molecular flexibility index (Phi) is 4.16. The molecule has 0 saturated carbocycles. The summed E-state index contributed by atoms with van der Waals surface area (Å²) in [4.78, 5) is 0. The van der Waals surface area contributed by atoms with E-state index in [0.29, 0.717) is 5.92 Å². The van der Waals surface area contributed by atoms with Crippen molar-refractivity contribution in [1.82, 2.24) is 0 Å². The van der Waals surface area contributed by atoms with E-state index in [4.69, 9.17) is 15.2 Å². The summed E-state index contributed by atoms with van der Waals surface area (Å²) in [5, 5.41) is 0. The highest BCUT2D eigenvalue weighted by molar-refractivity contribution is 5.47. The maximum absolute atomic E-state index is 5.79. The molecule has 2 rings (SSSR count). The molecular weight excluding hydrogens is 238 g/mol. The number of nitrogens with two attached hydrogens (primary N) is 1. The zero-order chi connectivity index (χ0) is 14.0. The van der Waals surface area contributed by atoms with Crippen molar-refractivity contribution in [2.24, 2.45) is 11.7 Å². The molecule has 1 saturated heterocycles. The fourth-order valence-corrected chi connectivity index (χ4v) is 2.86. The van der Waals surface area contributed by atoms with Crippen LogP contribution in [0, 0.1) is 19.8 Å². The third-order valence-electron chi connectivity index (χ3n) is 4.29. The molecule has 0 radical (unpaired) electrons. The molecule has 106 valence electrons. The molecule has 1 aliphatic rings. The Bertz CT molecular complexity index is 452. The van der Waals surface area contributed by atoms with Gasteiger partial charge in [0.05, 0.1) is 20.3 Å². The van der Waals surface area contributed by atoms with Crippen molar-refractivity contribution in [3.05, 3.63) is 28.8 Å². The number of methoxy groups -OCH3 is 1. The van der Waals surface area contributed by atoms with Gasteiger partial charge in [0.1, 0.15) is 5.75 Å². The Balaban J connectivity index is 2.40. The van der Waals surface area contributed by atoms with Crippen molar-refractivity contribution in [2.45, 2.75) is 32.6 Å². The van der Waals surface area contributed by atoms with Crippen LogP contribution in [0.1, 0.15) is 30.0 Å². The van der Waals surface area contributed by atoms with E-state index in [1.165, 1.54) is 16.7 Å². The Morgan fingerprint density at radius 2 is 1.95 bits per heavy atom. The van der Waals surface area contributed by atoms with Gasteiger partial charge in [-0.05, 0) is 49.9 Å². The van der Waals surface area contributed by atoms with Crippen molar-refractivity contribution in [3.8, 4) is 5.75 Å². The molecule has 0 aromatic heterocycles. The minimum Gasteiger partial charge on any atom is -0.496 e. The van der Waals surface area contributed by atoms with Gasteiger partial charge < -0.3 is 15.2 Å². The van der Waals surface area contributed by atoms with Gasteiger partial charge in [0, 0.05) is 11.0 Å². The normalized spacial score (nSPS) is 18.8. The second-order valence-corrected chi connectivity index (χ2v) is 5.95. The molecule has 1 atom stereocenters. The lowest BCUT2D eigenvalue weighted by Crippen LogP contribution is -2.48. The predicted octanol–water partition coefficient (Wildman–Crippen LogP) is 2.56. The van der Waals surface area contributed by atoms with Gasteiger partial charge in [0.2, 0.25) is 0 Å². The van der Waals surface area contributed by atoms with Crippen LogP contribution < -0.4 is 10.5 Å². The number of rotatable bonds is 5. The first-order valence-electron chi connectivity index (χ1n) is 6.96. The maximum atomic E-state index is 5.79. The standard InChI is InChI=1S/C16H25NO2/c1-11(8-17)7-16(9-19-10-16)14-5-12(2)13(3)6-15(14)18-4/h5-6,11H,7-10,17H2,1-4H3. The van der Waals surface area contributed by atoms with Crippen LogP contribution in [-0.4, -0.2) is 26.9 Å². The van der Waals surface area contributed by atoms with Gasteiger partial charge >= 0.3 is 0 Å². The van der Waals surface area contributed by atoms with E-state index in [1.807, 2.05) is 0 Å². The largest absolute Gasteiger partial charge is 0.496 e. The number of benzene rings is 1. The Morgan fingerprint density at radius 1 is 1.32 bits per heavy atom. The molecule has 0 aliphatic carbocycles. The fourth-order valence-electron chi connectivity index (χ4n) is 2.86. The number of hydrogen-bond acceptors (Lipinski definition) is 3. The van der Waals surface area contributed by atoms with Gasteiger partial charge in [-0.15, -0.1) is 0 Å². The summed E-state index contributed by atoms with van der Waals surface area (Å²) in [6.07, 6.45) is 1.06. The summed E-state index contributed by atoms with van der Waals surface area (Å²) in [5.41, 5.74) is 9.73. The number of hydrogen-bond donors (Lipinski definition) is 1. The molecule has 19 heavy (non-hydrogen) atoms. The van der Waals surface area contributed by atoms with Crippen molar-refractivity contribution >= 4 is 0 Å². The smallest absolute Gasteiger partial charge is 0.123 e. The molecule has 1 aromatic carbocycles. The highest BCUT2D eigenvalue weighted by atomic mass is 16.5. The minimum absolute atomic E-state index is 0.0859. The lowest BCUT2D eigenvalue weighted by molar-refractivity contribution is -0.0711. The van der Waals surface area contributed by atoms with Gasteiger partial charge in [-0.3, -0.25) is 0 Å². The Morgan fingerprint density at radius 3 is 2.42 bits per heavy atom. The third-order valence-corrected chi connectivity index (χ3v) is 4.29. The second-order valence-electron chi connectivity index (χ2n) is 5.95. The van der Waals surface area contributed by atoms with Crippen molar-refractivity contribution < 1.29 is 9.47 Å². The van der Waals surface area contributed by atoms with Crippen LogP contribution >= 0.6 is 0 Å². The van der Waals surface area contributed by atoms with Gasteiger partial charge in [-0.25, -0.2) is 0 Å². The number of ether oxygens (including phenoxy) is 2. The summed E-state index contributed by atoms with van der Waals surface area (Å²) in [6.45, 7) is 8.74. The van der Waals surface area contributed by atoms with Crippen molar-refractivity contribution in [2.75, 3.05) is 26.9 Å². The summed E-state index contributed by atoms with van der Waals surface area (Å²) >= 11 is 0. The summed E-state index contributed by atoms with van der Waals surface area (Å²) in [6, 6.07) is 4.40. The van der Waals surface area contributed by atoms with E-state index in [0.717, 1.165) is 31.9 Å². The first-order valence-corrected chi connectivity index (χ1v) is 6.96. The summed E-state index contributed by atoms with van der Waals surface area (Å²) < 4.78 is 11.1. The fraction of sp³-hybridized carbons (Fsp3) is 0.625. The van der Waals surface area contributed by atoms with Crippen LogP contribution in [-0.2, 0) is 10.2 Å². The van der Waals surface area contributed by atoms with Gasteiger partial charge in [0.15, 0.2) is 0 Å². The molecule has 3 heteroatoms. The summed E-state index contributed by atoms with van der Waals surface area (Å²) in [5.74, 6) is 1.48. The van der Waals surface area contributed by atoms with Crippen LogP contribution in [0.5, 0.6) is 5.75 Å². The molecule has 1 unspecified atom stereocenters. The van der Waals surface area contributed by atoms with Crippen LogP contribution in [0.15, 0.2) is 12.1 Å². The van der Waals surface area contributed by atoms with E-state index in [-0.39, 0.29) is 5.41 Å². The zero-order valence-corrected chi connectivity index (χ0v) is 12.5. The molecule has 1 aromatic rings. The van der Waals surface area contributed by atoms with E-state index >= 15 is 0 Å². The van der Waals surface area contributed by atoms with Crippen LogP contribution in [0.3, 0.4) is 0 Å². The lowest BCUT2D eigenvalue weighted by atomic mass is 9.71. The minimum atomic E-state index is 0.0859. The van der Waals surface area contributed by atoms with E-state index < -0.39 is 0 Å². The highest BCUT2D eigenvalue weighted by Crippen LogP contribution is 2.43. The SMILES string of the molecule is COc1cc(C)c(C)cc1C1(CC(C)CN)COC1. The molecule has 1 fully saturated rings. The molecule has 1 heterocycles. The second kappa shape index (κ2) is 5.51. The monoisotopic (exact) mass is 263 g/mol. The van der Waals surface area contributed by atoms with Gasteiger partial charge in [0.25, 0.3) is 0 Å². The Hall–Kier alpha value is -1.06. The predicted molar refractivity (Wildman–Crippen MR) is 77.8 cm³/mol. The molecule has 0 amide bonds. The van der Waals surface area contributed by atoms with E-state index in [2.05, 4.69) is 32.9 Å². The van der Waals surface area contributed by atoms with E-state index in [1.54, 1.807) is 7.11 Å². The first kappa shape index (κ1) is 14.4. The molecular formula is C16H25NO2. The molecule has 1 aliphatic heterocycles. The summed E-state index contributed by atoms with van der Waals surface area (Å²) in [7, 11) is 1.74. The van der Waals surface area contributed by atoms with Crippen molar-refractivity contribution in [3.63, 3.8) is 0 Å². The average Bonchev–Trinajstić information content (AvgIpc) is 2.36. The van der Waals surface area contributed by atoms with Crippen LogP contribution in [0.25, 0.3) is 0 Å². The van der Waals surface area contributed by atoms with Gasteiger partial charge in [-0.1, -0.05) is 13.0 Å². The van der Waals surface area contributed by atoms with Crippen LogP contribution in [0.4, 0.5) is 0 Å². The van der Waals surface area contributed by atoms with Crippen LogP contribution in [0.2, 0.25) is 0 Å². The Labute approximate surface area is 116 Å². The topological polar surface area (TPSA) is 44.5 Å². The average molecular weight is 263 g/mol. The quantitative estimate of drug-likeness (QED) is 0.888. The molecule has 2 N–H and O–H groups in total. The van der Waals surface area contributed by atoms with Crippen molar-refractivity contribution in [1.29, 1.82) is 0 Å². The van der Waals surface area contributed by atoms with E-state index in [9.17, 15) is 0 Å². The lowest BCUT2D eigenvalue weighted by Gasteiger charge is -2.44. The maximum Gasteiger partial charge on any atom is 0.123 e. The zero-order valence-electron chi connectivity index (χ0n) is 12.5. The first-order chi connectivity index (χ1) is 9.02. The molecule has 0 bridgehead atoms.